The van der Waals surface area contributed by atoms with Crippen molar-refractivity contribution >= 4 is 70.9 Å². The number of aliphatic hydroxyl groups is 1. The van der Waals surface area contributed by atoms with Crippen LogP contribution in [0.4, 0.5) is 0 Å². The Kier molecular flexibility index (Phi) is 27.0. The highest BCUT2D eigenvalue weighted by atomic mass is 16.3. The Morgan fingerprint density at radius 3 is 1.66 bits per heavy atom. The van der Waals surface area contributed by atoms with E-state index in [1.807, 2.05) is 0 Å². The topological polar surface area (TPSA) is 424 Å². The number of aliphatic imine (C=N–C) groups is 1. The zero-order valence-corrected chi connectivity index (χ0v) is 41.7. The first kappa shape index (κ1) is 61.4. The van der Waals surface area contributed by atoms with E-state index in [1.54, 1.807) is 34.6 Å². The third kappa shape index (κ3) is 21.0. The molecule has 0 bridgehead atoms. The lowest BCUT2D eigenvalue weighted by atomic mass is 9.96. The zero-order valence-electron chi connectivity index (χ0n) is 41.7. The number of nitrogens with two attached hydrogens (primary N) is 4. The summed E-state index contributed by atoms with van der Waals surface area (Å²) in [5.41, 5.74) is 21.6. The number of guanidine groups is 1. The second-order valence-electron chi connectivity index (χ2n) is 17.7. The van der Waals surface area contributed by atoms with Crippen molar-refractivity contribution < 1.29 is 57.8 Å². The maximum atomic E-state index is 14.2. The molecule has 1 fully saturated rings. The number of amides is 11. The van der Waals surface area contributed by atoms with Crippen molar-refractivity contribution in [2.45, 2.75) is 174 Å². The number of carbonyl (C=O) groups is 11. The summed E-state index contributed by atoms with van der Waals surface area (Å²) in [6, 6.07) is -10.1. The quantitative estimate of drug-likeness (QED) is 0.0177. The molecular weight excluding hydrogens is 917 g/mol. The third-order valence-electron chi connectivity index (χ3n) is 11.9. The Bertz CT molecular complexity index is 1880. The van der Waals surface area contributed by atoms with Gasteiger partial charge in [-0.1, -0.05) is 53.9 Å². The van der Waals surface area contributed by atoms with Gasteiger partial charge in [-0.15, -0.1) is 0 Å². The molecule has 11 amide bonds. The lowest BCUT2D eigenvalue weighted by Gasteiger charge is -2.32. The van der Waals surface area contributed by atoms with Crippen LogP contribution in [0.15, 0.2) is 4.99 Å². The van der Waals surface area contributed by atoms with E-state index in [0.717, 1.165) is 0 Å². The molecule has 26 nitrogen and oxygen atoms in total. The normalized spacial score (nSPS) is 17.4. The van der Waals surface area contributed by atoms with Gasteiger partial charge in [0.2, 0.25) is 65.0 Å². The van der Waals surface area contributed by atoms with Gasteiger partial charge in [0.25, 0.3) is 0 Å². The molecule has 0 saturated carbocycles. The number of rotatable bonds is 31. The molecule has 1 heterocycles. The molecule has 1 saturated heterocycles. The molecule has 0 spiro atoms. The number of nitrogens with zero attached hydrogens (tertiary/aromatic N) is 2. The molecule has 0 aromatic rings. The zero-order chi connectivity index (χ0) is 53.4. The first-order valence-corrected chi connectivity index (χ1v) is 23.8. The highest BCUT2D eigenvalue weighted by Crippen LogP contribution is 2.21. The van der Waals surface area contributed by atoms with Crippen molar-refractivity contribution in [2.75, 3.05) is 19.6 Å². The largest absolute Gasteiger partial charge is 0.391 e. The van der Waals surface area contributed by atoms with Crippen LogP contribution < -0.4 is 65.5 Å². The Morgan fingerprint density at radius 2 is 1.17 bits per heavy atom. The highest BCUT2D eigenvalue weighted by molar-refractivity contribution is 5.98. The van der Waals surface area contributed by atoms with Crippen molar-refractivity contribution in [3.63, 3.8) is 0 Å². The van der Waals surface area contributed by atoms with Gasteiger partial charge < -0.3 is 75.5 Å². The lowest BCUT2D eigenvalue weighted by molar-refractivity contribution is -0.142. The van der Waals surface area contributed by atoms with E-state index >= 15 is 0 Å². The van der Waals surface area contributed by atoms with Crippen LogP contribution in [0.5, 0.6) is 0 Å². The molecule has 1 rings (SSSR count). The van der Waals surface area contributed by atoms with Crippen LogP contribution in [-0.2, 0) is 52.7 Å². The fourth-order valence-corrected chi connectivity index (χ4v) is 7.29. The second-order valence-corrected chi connectivity index (χ2v) is 17.7. The number of hydrogen-bond acceptors (Lipinski definition) is 13. The summed E-state index contributed by atoms with van der Waals surface area (Å²) >= 11 is 0. The van der Waals surface area contributed by atoms with Gasteiger partial charge in [0.05, 0.1) is 12.6 Å². The Balaban J connectivity index is 3.40. The molecule has 1 aliphatic heterocycles. The van der Waals surface area contributed by atoms with Gasteiger partial charge in [-0.2, -0.15) is 0 Å². The van der Waals surface area contributed by atoms with E-state index in [-0.39, 0.29) is 57.6 Å². The van der Waals surface area contributed by atoms with E-state index in [4.69, 9.17) is 22.9 Å². The molecule has 0 aromatic heterocycles. The van der Waals surface area contributed by atoms with Crippen molar-refractivity contribution in [2.24, 2.45) is 39.8 Å². The summed E-state index contributed by atoms with van der Waals surface area (Å²) in [7, 11) is 0. The minimum Gasteiger partial charge on any atom is -0.391 e. The molecule has 0 radical (unpaired) electrons. The van der Waals surface area contributed by atoms with Gasteiger partial charge in [0.1, 0.15) is 48.3 Å². The van der Waals surface area contributed by atoms with E-state index < -0.39 is 138 Å². The fourth-order valence-electron chi connectivity index (χ4n) is 7.29. The van der Waals surface area contributed by atoms with Gasteiger partial charge in [0, 0.05) is 26.4 Å². The summed E-state index contributed by atoms with van der Waals surface area (Å²) in [5, 5.41) is 31.0. The Labute approximate surface area is 408 Å². The van der Waals surface area contributed by atoms with Gasteiger partial charge in [-0.3, -0.25) is 57.7 Å². The number of primary amides is 2. The predicted molar refractivity (Wildman–Crippen MR) is 256 cm³/mol. The van der Waals surface area contributed by atoms with Crippen molar-refractivity contribution in [3.8, 4) is 0 Å². The monoisotopic (exact) mass is 995 g/mol. The molecule has 11 atom stereocenters. The lowest BCUT2D eigenvalue weighted by Crippen LogP contribution is -2.63. The molecule has 70 heavy (non-hydrogen) atoms. The van der Waals surface area contributed by atoms with Crippen LogP contribution in [0.25, 0.3) is 0 Å². The summed E-state index contributed by atoms with van der Waals surface area (Å²) < 4.78 is 0. The first-order chi connectivity index (χ1) is 32.8. The Hall–Kier alpha value is -6.60. The van der Waals surface area contributed by atoms with Crippen LogP contribution in [0.3, 0.4) is 0 Å². The number of aliphatic hydroxyl groups excluding tert-OH is 1. The summed E-state index contributed by atoms with van der Waals surface area (Å²) in [6.07, 6.45) is -0.0336. The number of likely N-dealkylation sites (tertiary alicyclic amines) is 1. The van der Waals surface area contributed by atoms with Gasteiger partial charge in [0.15, 0.2) is 5.96 Å². The first-order valence-electron chi connectivity index (χ1n) is 23.8. The van der Waals surface area contributed by atoms with Gasteiger partial charge >= 0.3 is 0 Å². The molecule has 396 valence electrons. The molecule has 26 heteroatoms. The predicted octanol–water partition coefficient (Wildman–Crippen LogP) is -4.40. The van der Waals surface area contributed by atoms with Crippen LogP contribution in [0.2, 0.25) is 0 Å². The second kappa shape index (κ2) is 30.8. The molecule has 17 N–H and O–H groups in total. The summed E-state index contributed by atoms with van der Waals surface area (Å²) in [5.74, 6) is -9.62. The number of carbonyl (C=O) groups excluding carboxylic acids is 11. The number of hydrogen-bond donors (Lipinski definition) is 13. The maximum absolute atomic E-state index is 14.2. The maximum Gasteiger partial charge on any atom is 0.245 e. The van der Waals surface area contributed by atoms with Crippen LogP contribution >= 0.6 is 0 Å². The molecule has 0 aliphatic carbocycles. The van der Waals surface area contributed by atoms with E-state index in [9.17, 15) is 57.8 Å². The van der Waals surface area contributed by atoms with Crippen LogP contribution in [-0.4, -0.2) is 155 Å². The van der Waals surface area contributed by atoms with Gasteiger partial charge in [-0.25, -0.2) is 0 Å². The smallest absolute Gasteiger partial charge is 0.245 e. The average molecular weight is 995 g/mol. The summed E-state index contributed by atoms with van der Waals surface area (Å²) in [6.45, 7) is 12.2. The fraction of sp³-hybridized carbons (Fsp3) is 0.727. The van der Waals surface area contributed by atoms with Crippen molar-refractivity contribution in [3.05, 3.63) is 0 Å². The minimum atomic E-state index is -1.68. The van der Waals surface area contributed by atoms with E-state index in [1.165, 1.54) is 25.7 Å². The summed E-state index contributed by atoms with van der Waals surface area (Å²) in [4.78, 5) is 149. The Morgan fingerprint density at radius 1 is 0.657 bits per heavy atom. The van der Waals surface area contributed by atoms with Crippen LogP contribution in [0.1, 0.15) is 120 Å². The van der Waals surface area contributed by atoms with Crippen LogP contribution in [0, 0.1) is 11.8 Å². The third-order valence-corrected chi connectivity index (χ3v) is 11.9. The van der Waals surface area contributed by atoms with Crippen molar-refractivity contribution in [1.82, 2.24) is 47.4 Å². The highest BCUT2D eigenvalue weighted by Gasteiger charge is 2.40. The molecule has 0 unspecified atom stereocenters. The average Bonchev–Trinajstić information content (AvgIpc) is 3.79. The van der Waals surface area contributed by atoms with E-state index in [2.05, 4.69) is 47.5 Å². The number of nitrogens with one attached hydrogen (secondary N) is 8. The van der Waals surface area contributed by atoms with E-state index in [0.29, 0.717) is 25.7 Å². The SMILES string of the molecule is CCC[C@H](NC(=O)[C@@H](NC(=O)[C@H](NC(=O)[C@H](CCC(N)=O)NC(=O)CNC(C)=O)[C@@H](C)CC)[C@H](C)O)C(=O)N[C@H](C(=O)N[C@@H](CCCN=C(N)N)C(=O)N1CCC[C@H]1C(=O)N[C@H](C)C(N)=O)[C@@H](C)CC. The van der Waals surface area contributed by atoms with Crippen molar-refractivity contribution in [1.29, 1.82) is 0 Å². The molecule has 0 aromatic carbocycles. The molecular formula is C44H78N14O12. The molecule has 1 aliphatic rings. The minimum absolute atomic E-state index is 0.0277. The van der Waals surface area contributed by atoms with Gasteiger partial charge in [-0.05, 0) is 64.2 Å². The standard InChI is InChI=1S/C44H78N14O12/c1-9-14-27(53-42(69)35(25(7)59)57-41(68)34(23(5)11-3)56-38(65)28(17-18-31(45)61)52-32(62)21-50-26(8)60)37(64)55-33(22(4)10-2)40(67)54-29(15-12-19-49-44(47)48)43(70)58-20-13-16-30(58)39(66)51-24(6)36(46)63/h22-25,27-30,33-35,59H,9-21H2,1-8H3,(H2,45,61)(H2,46,63)(H,50,60)(H,51,66)(H,52,62)(H,53,69)(H,54,67)(H,55,64)(H,56,65)(H,57,68)(H4,47,48,49)/t22-,23-,24+,25-,27-,28-,29-,30-,33-,34+,35-/m0/s1.